The van der Waals surface area contributed by atoms with Crippen molar-refractivity contribution in [1.82, 2.24) is 4.40 Å². The molecule has 0 atom stereocenters. The minimum Gasteiger partial charge on any atom is -0.493 e. The van der Waals surface area contributed by atoms with Crippen molar-refractivity contribution in [2.75, 3.05) is 41.8 Å². The molecule has 18 heteroatoms. The van der Waals surface area contributed by atoms with E-state index in [1.165, 1.54) is 41.6 Å². The summed E-state index contributed by atoms with van der Waals surface area (Å²) in [6.45, 7) is 0. The van der Waals surface area contributed by atoms with Crippen LogP contribution >= 0.6 is 24.6 Å². The summed E-state index contributed by atoms with van der Waals surface area (Å²) in [5.74, 6) is 1.33. The molecule has 0 aliphatic rings. The third-order valence-corrected chi connectivity index (χ3v) is 8.62. The van der Waals surface area contributed by atoms with Crippen LogP contribution in [-0.4, -0.2) is 54.6 Å². The van der Waals surface area contributed by atoms with E-state index >= 15 is 0 Å². The summed E-state index contributed by atoms with van der Waals surface area (Å²) in [6, 6.07) is 13.4. The molecule has 258 valence electrons. The molecule has 0 radical (unpaired) electrons. The summed E-state index contributed by atoms with van der Waals surface area (Å²) in [7, 11) is 3.08. The van der Waals surface area contributed by atoms with E-state index in [4.69, 9.17) is 39.8 Å². The van der Waals surface area contributed by atoms with Crippen LogP contribution in [0.5, 0.6) is 34.5 Å². The lowest BCUT2D eigenvalue weighted by Gasteiger charge is -2.13. The van der Waals surface area contributed by atoms with Gasteiger partial charge in [-0.05, 0) is 47.3 Å². The van der Waals surface area contributed by atoms with Crippen molar-refractivity contribution in [3.8, 4) is 45.6 Å². The van der Waals surface area contributed by atoms with Crippen molar-refractivity contribution in [3.05, 3.63) is 65.1 Å². The maximum Gasteiger partial charge on any atom is 0.361 e. The first kappa shape index (κ1) is 34.3. The average molecular weight is 734 g/mol. The van der Waals surface area contributed by atoms with Crippen molar-refractivity contribution in [1.29, 1.82) is 0 Å². The zero-order valence-corrected chi connectivity index (χ0v) is 29.0. The van der Waals surface area contributed by atoms with E-state index in [-0.39, 0.29) is 22.6 Å². The van der Waals surface area contributed by atoms with Gasteiger partial charge in [0, 0.05) is 34.0 Å². The number of fused-ring (bicyclic) bond motifs is 7. The average Bonchev–Trinajstić information content (AvgIpc) is 3.44. The van der Waals surface area contributed by atoms with Gasteiger partial charge in [-0.25, -0.2) is 14.6 Å². The van der Waals surface area contributed by atoms with E-state index in [1.807, 2.05) is 0 Å². The van der Waals surface area contributed by atoms with Gasteiger partial charge in [0.25, 0.3) is 24.6 Å². The molecule has 0 aliphatic heterocycles. The van der Waals surface area contributed by atoms with Crippen molar-refractivity contribution in [2.24, 2.45) is 0 Å². The molecule has 6 rings (SSSR count). The molecule has 0 bridgehead atoms. The van der Waals surface area contributed by atoms with Gasteiger partial charge in [0.2, 0.25) is 0 Å². The Bertz CT molecular complexity index is 2370. The quantitative estimate of drug-likeness (QED) is 0.0301. The van der Waals surface area contributed by atoms with Crippen LogP contribution in [0.2, 0.25) is 0 Å². The monoisotopic (exact) mass is 733 g/mol. The molecule has 6 aromatic rings. The van der Waals surface area contributed by atoms with Crippen LogP contribution < -0.4 is 32.4 Å². The number of ether oxygens (including phenoxy) is 3. The molecule has 0 N–H and O–H groups in total. The predicted molar refractivity (Wildman–Crippen MR) is 182 cm³/mol. The third-order valence-electron chi connectivity index (χ3n) is 7.26. The molecule has 3 aromatic carbocycles. The Morgan fingerprint density at radius 1 is 0.694 bits per heavy atom. The fraction of sp³-hybridized carbons (Fsp3) is 0.194. The first-order valence-corrected chi connectivity index (χ1v) is 17.1. The summed E-state index contributed by atoms with van der Waals surface area (Å²) in [5, 5.41) is 2.30. The second-order valence-corrected chi connectivity index (χ2v) is 12.5. The van der Waals surface area contributed by atoms with Gasteiger partial charge < -0.3 is 35.6 Å². The highest BCUT2D eigenvalue weighted by molar-refractivity contribution is 7.90. The summed E-state index contributed by atoms with van der Waals surface area (Å²) < 4.78 is 74.4. The molecule has 0 saturated heterocycles. The lowest BCUT2D eigenvalue weighted by Crippen LogP contribution is -2.07. The minimum atomic E-state index is -3.95. The molecule has 0 fully saturated rings. The Labute approximate surface area is 287 Å². The van der Waals surface area contributed by atoms with Crippen LogP contribution in [-0.2, 0) is 28.6 Å². The number of nitrogens with zero attached hydrogens (tertiary/aromatic N) is 1. The van der Waals surface area contributed by atoms with Gasteiger partial charge in [0.05, 0.1) is 47.3 Å². The normalized spacial score (nSPS) is 11.8. The Balaban J connectivity index is 1.75. The molecule has 49 heavy (non-hydrogen) atoms. The van der Waals surface area contributed by atoms with Gasteiger partial charge in [-0.3, -0.25) is 0 Å². The van der Waals surface area contributed by atoms with E-state index in [2.05, 4.69) is 9.78 Å². The van der Waals surface area contributed by atoms with E-state index in [1.54, 1.807) is 53.1 Å². The summed E-state index contributed by atoms with van der Waals surface area (Å²) in [6.07, 6.45) is 2.63. The van der Waals surface area contributed by atoms with Gasteiger partial charge in [-0.15, -0.1) is 8.67 Å². The number of methoxy groups -OCH3 is 3. The molecule has 0 spiro atoms. The van der Waals surface area contributed by atoms with Gasteiger partial charge in [0.15, 0.2) is 34.5 Å². The molecule has 0 amide bonds. The Morgan fingerprint density at radius 2 is 1.33 bits per heavy atom. The van der Waals surface area contributed by atoms with Crippen LogP contribution in [0.15, 0.2) is 63.9 Å². The van der Waals surface area contributed by atoms with E-state index in [0.29, 0.717) is 80.4 Å². The number of pyridine rings is 1. The molecule has 0 aliphatic carbocycles. The number of rotatable bonds is 14. The summed E-state index contributed by atoms with van der Waals surface area (Å²) >= 11 is 1.21. The van der Waals surface area contributed by atoms with Gasteiger partial charge >= 0.3 is 15.7 Å². The zero-order chi connectivity index (χ0) is 34.9. The Hall–Kier alpha value is -4.56. The van der Waals surface area contributed by atoms with E-state index in [0.717, 1.165) is 11.6 Å². The number of hydrogen-bond acceptors (Lipinski definition) is 16. The largest absolute Gasteiger partial charge is 0.493 e. The molecule has 15 nitrogen and oxygen atoms in total. The molecule has 0 saturated carbocycles. The Morgan fingerprint density at radius 3 is 1.98 bits per heavy atom. The first-order valence-electron chi connectivity index (χ1n) is 13.9. The highest BCUT2D eigenvalue weighted by Crippen LogP contribution is 2.47. The molecule has 3 aromatic heterocycles. The second-order valence-electron chi connectivity index (χ2n) is 10.0. The number of benzene rings is 3. The van der Waals surface area contributed by atoms with Crippen LogP contribution in [0.3, 0.4) is 0 Å². The van der Waals surface area contributed by atoms with Gasteiger partial charge in [-0.2, -0.15) is 8.42 Å². The fourth-order valence-corrected chi connectivity index (χ4v) is 6.49. The number of aromatic nitrogens is 1. The number of hydrogen-bond donors (Lipinski definition) is 0. The van der Waals surface area contributed by atoms with Crippen molar-refractivity contribution < 1.29 is 58.0 Å². The second kappa shape index (κ2) is 14.1. The van der Waals surface area contributed by atoms with E-state index < -0.39 is 15.7 Å². The third kappa shape index (κ3) is 6.58. The van der Waals surface area contributed by atoms with Crippen molar-refractivity contribution >= 4 is 72.9 Å². The lowest BCUT2D eigenvalue weighted by molar-refractivity contribution is -0.164. The molecular formula is C31H27NO14S3. The molecule has 0 unspecified atom stereocenters. The van der Waals surface area contributed by atoms with Crippen molar-refractivity contribution in [2.45, 2.75) is 0 Å². The SMILES string of the molecule is COOSOc1ccc(-c2c3c4cc(OC)c(OS(C)(=O)=O)cc4oc(=O)c3n3ccc4cc(OSOOC)c(OC)cc4c23)cc1OC. The first-order chi connectivity index (χ1) is 23.6. The van der Waals surface area contributed by atoms with Gasteiger partial charge in [0.1, 0.15) is 11.1 Å². The molecule has 3 heterocycles. The standard InChI is InChI=1S/C31H27NO14S3/c1-36-22-12-17(7-8-20(22)42-47-45-39-4)27-28-19-14-24(38-3)26(44-49(6,34)35)15-21(19)41-31(33)30(28)32-10-9-16-11-25(43-48-46-40-5)23(37-2)13-18(16)29(27)32/h7-15H,1-6H3. The maximum atomic E-state index is 13.9. The summed E-state index contributed by atoms with van der Waals surface area (Å²) in [4.78, 5) is 23.1. The van der Waals surface area contributed by atoms with Crippen molar-refractivity contribution in [3.63, 3.8) is 0 Å². The zero-order valence-electron chi connectivity index (χ0n) is 26.6. The van der Waals surface area contributed by atoms with Gasteiger partial charge in [-0.1, -0.05) is 6.07 Å². The van der Waals surface area contributed by atoms with Crippen LogP contribution in [0.4, 0.5) is 0 Å². The predicted octanol–water partition coefficient (Wildman–Crippen LogP) is 6.42. The van der Waals surface area contributed by atoms with Crippen LogP contribution in [0.25, 0.3) is 49.3 Å². The highest BCUT2D eigenvalue weighted by atomic mass is 32.2. The maximum absolute atomic E-state index is 13.9. The fourth-order valence-electron chi connectivity index (χ4n) is 5.45. The smallest absolute Gasteiger partial charge is 0.361 e. The van der Waals surface area contributed by atoms with Crippen LogP contribution in [0, 0.1) is 0 Å². The Kier molecular flexibility index (Phi) is 9.89. The minimum absolute atomic E-state index is 0.0573. The lowest BCUT2D eigenvalue weighted by atomic mass is 9.98. The van der Waals surface area contributed by atoms with E-state index in [9.17, 15) is 13.2 Å². The topological polar surface area (TPSA) is 161 Å². The highest BCUT2D eigenvalue weighted by Gasteiger charge is 2.26. The molecular weight excluding hydrogens is 707 g/mol. The summed E-state index contributed by atoms with van der Waals surface area (Å²) in [5.41, 5.74) is 1.37. The van der Waals surface area contributed by atoms with Crippen LogP contribution in [0.1, 0.15) is 0 Å².